The van der Waals surface area contributed by atoms with Gasteiger partial charge in [-0.25, -0.2) is 0 Å². The van der Waals surface area contributed by atoms with Crippen LogP contribution in [0.5, 0.6) is 0 Å². The molecule has 1 aliphatic rings. The summed E-state index contributed by atoms with van der Waals surface area (Å²) in [6.07, 6.45) is 3.98. The van der Waals surface area contributed by atoms with Crippen molar-refractivity contribution in [3.05, 3.63) is 64.5 Å². The van der Waals surface area contributed by atoms with Crippen molar-refractivity contribution in [2.45, 2.75) is 57.5 Å². The van der Waals surface area contributed by atoms with Crippen LogP contribution >= 0.6 is 11.3 Å². The summed E-state index contributed by atoms with van der Waals surface area (Å²) in [5.74, 6) is 0.0282. The first-order chi connectivity index (χ1) is 16.5. The van der Waals surface area contributed by atoms with E-state index in [1.807, 2.05) is 35.7 Å². The molecule has 0 bridgehead atoms. The second-order valence-electron chi connectivity index (χ2n) is 8.38. The number of hydrogen-bond acceptors (Lipinski definition) is 6. The summed E-state index contributed by atoms with van der Waals surface area (Å²) in [6.45, 7) is 1.73. The number of amides is 3. The molecule has 0 unspecified atom stereocenters. The van der Waals surface area contributed by atoms with Crippen molar-refractivity contribution in [2.24, 2.45) is 0 Å². The number of rotatable bonds is 9. The Labute approximate surface area is 202 Å². The number of aromatic nitrogens is 1. The number of carbonyl (C=O) groups excluding carboxylic acids is 3. The quantitative estimate of drug-likeness (QED) is 0.466. The summed E-state index contributed by atoms with van der Waals surface area (Å²) < 4.78 is 4.96. The Kier molecular flexibility index (Phi) is 7.74. The molecule has 0 spiro atoms. The van der Waals surface area contributed by atoms with Gasteiger partial charge in [0.05, 0.1) is 0 Å². The molecule has 4 rings (SSSR count). The number of nitrogens with one attached hydrogen (secondary N) is 2. The lowest BCUT2D eigenvalue weighted by Crippen LogP contribution is -2.46. The Morgan fingerprint density at radius 3 is 2.53 bits per heavy atom. The second kappa shape index (κ2) is 11.1. The molecule has 178 valence electrons. The molecule has 1 aliphatic carbocycles. The monoisotopic (exact) mass is 480 g/mol. The van der Waals surface area contributed by atoms with Crippen LogP contribution in [-0.4, -0.2) is 28.9 Å². The van der Waals surface area contributed by atoms with Crippen LogP contribution in [-0.2, 0) is 14.4 Å². The van der Waals surface area contributed by atoms with Crippen molar-refractivity contribution < 1.29 is 18.9 Å². The number of nitrogens with zero attached hydrogens (tertiary/aromatic N) is 2. The number of carbonyl (C=O) groups is 3. The van der Waals surface area contributed by atoms with Crippen LogP contribution in [0.1, 0.15) is 55.2 Å². The van der Waals surface area contributed by atoms with E-state index in [9.17, 15) is 14.4 Å². The molecular weight excluding hydrogens is 452 g/mol. The lowest BCUT2D eigenvalue weighted by Gasteiger charge is -2.31. The summed E-state index contributed by atoms with van der Waals surface area (Å²) in [5.41, 5.74) is 0.611. The molecule has 3 amide bonds. The van der Waals surface area contributed by atoms with E-state index in [1.165, 1.54) is 16.2 Å². The molecule has 8 nitrogen and oxygen atoms in total. The molecule has 2 N–H and O–H groups in total. The first kappa shape index (κ1) is 23.7. The third-order valence-electron chi connectivity index (χ3n) is 5.79. The van der Waals surface area contributed by atoms with Crippen molar-refractivity contribution in [1.29, 1.82) is 0 Å². The van der Waals surface area contributed by atoms with Gasteiger partial charge in [0.1, 0.15) is 11.8 Å². The van der Waals surface area contributed by atoms with E-state index in [1.54, 1.807) is 25.1 Å². The van der Waals surface area contributed by atoms with E-state index in [4.69, 9.17) is 4.52 Å². The van der Waals surface area contributed by atoms with Gasteiger partial charge in [-0.3, -0.25) is 19.3 Å². The molecule has 2 aromatic heterocycles. The largest absolute Gasteiger partial charge is 0.360 e. The minimum absolute atomic E-state index is 0.0462. The van der Waals surface area contributed by atoms with Gasteiger partial charge in [0.2, 0.25) is 17.7 Å². The second-order valence-corrected chi connectivity index (χ2v) is 9.36. The molecule has 1 saturated carbocycles. The zero-order valence-corrected chi connectivity index (χ0v) is 19.8. The van der Waals surface area contributed by atoms with Crippen molar-refractivity contribution in [1.82, 2.24) is 10.5 Å². The summed E-state index contributed by atoms with van der Waals surface area (Å²) in [5, 5.41) is 11.4. The standard InChI is InChI=1S/C25H28N4O4S/c1-17-16-21(28-33-17)27-22(30)13-14-23(31)29(19-10-3-2-4-11-19)24(20-12-7-15-34-20)25(32)26-18-8-5-6-9-18/h2-4,7,10-12,15-16,18,24H,5-6,8-9,13-14H2,1H3,(H,26,32)(H,27,28,30)/t24-/m0/s1. The molecule has 1 fully saturated rings. The van der Waals surface area contributed by atoms with Crippen molar-refractivity contribution in [2.75, 3.05) is 10.2 Å². The fourth-order valence-electron chi connectivity index (χ4n) is 4.17. The highest BCUT2D eigenvalue weighted by Gasteiger charge is 2.34. The number of anilines is 2. The van der Waals surface area contributed by atoms with E-state index in [0.717, 1.165) is 30.6 Å². The van der Waals surface area contributed by atoms with E-state index >= 15 is 0 Å². The maximum absolute atomic E-state index is 13.5. The van der Waals surface area contributed by atoms with E-state index < -0.39 is 6.04 Å². The zero-order chi connectivity index (χ0) is 23.9. The summed E-state index contributed by atoms with van der Waals surface area (Å²) in [4.78, 5) is 41.7. The third-order valence-corrected chi connectivity index (χ3v) is 6.71. The summed E-state index contributed by atoms with van der Waals surface area (Å²) in [7, 11) is 0. The zero-order valence-electron chi connectivity index (χ0n) is 19.0. The highest BCUT2D eigenvalue weighted by molar-refractivity contribution is 7.10. The predicted octanol–water partition coefficient (Wildman–Crippen LogP) is 4.60. The predicted molar refractivity (Wildman–Crippen MR) is 130 cm³/mol. The molecule has 0 saturated heterocycles. The highest BCUT2D eigenvalue weighted by Crippen LogP contribution is 2.32. The van der Waals surface area contributed by atoms with E-state index in [0.29, 0.717) is 17.3 Å². The Balaban J connectivity index is 1.54. The van der Waals surface area contributed by atoms with Crippen molar-refractivity contribution >= 4 is 40.6 Å². The van der Waals surface area contributed by atoms with Gasteiger partial charge in [-0.05, 0) is 43.3 Å². The van der Waals surface area contributed by atoms with Gasteiger partial charge >= 0.3 is 0 Å². The molecule has 0 aliphatic heterocycles. The lowest BCUT2D eigenvalue weighted by molar-refractivity contribution is -0.127. The normalized spacial score (nSPS) is 14.5. The van der Waals surface area contributed by atoms with Crippen LogP contribution in [0.25, 0.3) is 0 Å². The van der Waals surface area contributed by atoms with Crippen LogP contribution in [0, 0.1) is 6.92 Å². The maximum Gasteiger partial charge on any atom is 0.248 e. The molecule has 0 radical (unpaired) electrons. The lowest BCUT2D eigenvalue weighted by atomic mass is 10.1. The Morgan fingerprint density at radius 1 is 1.12 bits per heavy atom. The molecule has 34 heavy (non-hydrogen) atoms. The third kappa shape index (κ3) is 5.91. The summed E-state index contributed by atoms with van der Waals surface area (Å²) in [6, 6.07) is 13.8. The number of thiophene rings is 1. The number of para-hydroxylation sites is 1. The van der Waals surface area contributed by atoms with Crippen LogP contribution in [0.4, 0.5) is 11.5 Å². The van der Waals surface area contributed by atoms with E-state index in [2.05, 4.69) is 15.8 Å². The molecule has 1 aromatic carbocycles. The molecule has 2 heterocycles. The number of benzene rings is 1. The van der Waals surface area contributed by atoms with Crippen molar-refractivity contribution in [3.8, 4) is 0 Å². The smallest absolute Gasteiger partial charge is 0.248 e. The van der Waals surface area contributed by atoms with Gasteiger partial charge in [-0.15, -0.1) is 11.3 Å². The van der Waals surface area contributed by atoms with Gasteiger partial charge < -0.3 is 15.2 Å². The van der Waals surface area contributed by atoms with Gasteiger partial charge in [0.25, 0.3) is 0 Å². The van der Waals surface area contributed by atoms with Crippen LogP contribution in [0.3, 0.4) is 0 Å². The van der Waals surface area contributed by atoms with Gasteiger partial charge in [-0.1, -0.05) is 42.3 Å². The average Bonchev–Trinajstić information content (AvgIpc) is 3.60. The SMILES string of the molecule is Cc1cc(NC(=O)CCC(=O)N(c2ccccc2)[C@H](C(=O)NC2CCCC2)c2cccs2)no1. The first-order valence-electron chi connectivity index (χ1n) is 11.5. The highest BCUT2D eigenvalue weighted by atomic mass is 32.1. The molecule has 3 aromatic rings. The minimum Gasteiger partial charge on any atom is -0.360 e. The van der Waals surface area contributed by atoms with E-state index in [-0.39, 0.29) is 36.6 Å². The van der Waals surface area contributed by atoms with Gasteiger partial charge in [0.15, 0.2) is 5.82 Å². The van der Waals surface area contributed by atoms with Crippen LogP contribution < -0.4 is 15.5 Å². The minimum atomic E-state index is -0.809. The van der Waals surface area contributed by atoms with Crippen molar-refractivity contribution in [3.63, 3.8) is 0 Å². The Morgan fingerprint density at radius 2 is 1.88 bits per heavy atom. The Bertz CT molecular complexity index is 1110. The molecular formula is C25H28N4O4S. The van der Waals surface area contributed by atoms with Crippen LogP contribution in [0.15, 0.2) is 58.4 Å². The topological polar surface area (TPSA) is 105 Å². The maximum atomic E-state index is 13.5. The number of hydrogen-bond donors (Lipinski definition) is 2. The fourth-order valence-corrected chi connectivity index (χ4v) is 4.98. The fraction of sp³-hybridized carbons (Fsp3) is 0.360. The molecule has 1 atom stereocenters. The summed E-state index contributed by atoms with van der Waals surface area (Å²) >= 11 is 1.43. The first-order valence-corrected chi connectivity index (χ1v) is 12.3. The molecule has 9 heteroatoms. The van der Waals surface area contributed by atoms with Crippen LogP contribution in [0.2, 0.25) is 0 Å². The number of aryl methyl sites for hydroxylation is 1. The van der Waals surface area contributed by atoms with Gasteiger partial charge in [-0.2, -0.15) is 0 Å². The Hall–Kier alpha value is -3.46. The van der Waals surface area contributed by atoms with Gasteiger partial charge in [0, 0.05) is 35.5 Å². The average molecular weight is 481 g/mol.